The van der Waals surface area contributed by atoms with Gasteiger partial charge >= 0.3 is 0 Å². The number of rotatable bonds is 1. The van der Waals surface area contributed by atoms with Crippen LogP contribution >= 0.6 is 15.9 Å². The second kappa shape index (κ2) is 4.84. The first kappa shape index (κ1) is 12.7. The van der Waals surface area contributed by atoms with E-state index in [9.17, 15) is 0 Å². The molecule has 94 valence electrons. The van der Waals surface area contributed by atoms with Crippen LogP contribution in [0.4, 0.5) is 11.4 Å². The zero-order valence-corrected chi connectivity index (χ0v) is 12.1. The lowest BCUT2D eigenvalue weighted by molar-refractivity contribution is 0.325. The minimum atomic E-state index is 0.447. The first-order chi connectivity index (χ1) is 7.99. The highest BCUT2D eigenvalue weighted by atomic mass is 79.9. The van der Waals surface area contributed by atoms with Gasteiger partial charge in [-0.25, -0.2) is 0 Å². The second-order valence-electron chi connectivity index (χ2n) is 5.56. The lowest BCUT2D eigenvalue weighted by Crippen LogP contribution is -2.26. The molecule has 2 rings (SSSR count). The van der Waals surface area contributed by atoms with Gasteiger partial charge in [0.25, 0.3) is 0 Å². The largest absolute Gasteiger partial charge is 0.396 e. The van der Waals surface area contributed by atoms with Crippen molar-refractivity contribution in [1.29, 1.82) is 0 Å². The summed E-state index contributed by atoms with van der Waals surface area (Å²) in [6, 6.07) is 0. The predicted molar refractivity (Wildman–Crippen MR) is 76.2 cm³/mol. The normalized spacial score (nSPS) is 20.1. The Bertz CT molecular complexity index is 383. The van der Waals surface area contributed by atoms with Crippen LogP contribution in [0.2, 0.25) is 0 Å². The molecule has 1 aromatic heterocycles. The molecule has 0 unspecified atom stereocenters. The monoisotopic (exact) mass is 297 g/mol. The van der Waals surface area contributed by atoms with Gasteiger partial charge in [0.1, 0.15) is 0 Å². The number of hydrogen-bond acceptors (Lipinski definition) is 3. The highest BCUT2D eigenvalue weighted by Gasteiger charge is 2.24. The molecule has 1 aliphatic heterocycles. The average molecular weight is 298 g/mol. The van der Waals surface area contributed by atoms with Crippen LogP contribution in [0.3, 0.4) is 0 Å². The van der Waals surface area contributed by atoms with E-state index in [1.165, 1.54) is 19.3 Å². The third-order valence-electron chi connectivity index (χ3n) is 3.56. The number of anilines is 2. The van der Waals surface area contributed by atoms with E-state index in [2.05, 4.69) is 39.7 Å². The molecule has 2 heterocycles. The fourth-order valence-corrected chi connectivity index (χ4v) is 3.02. The smallest absolute Gasteiger partial charge is 0.0776 e. The number of nitrogens with zero attached hydrogens (tertiary/aromatic N) is 2. The molecular formula is C13H20BrN3. The van der Waals surface area contributed by atoms with Crippen molar-refractivity contribution in [2.45, 2.75) is 33.1 Å². The molecule has 0 aromatic carbocycles. The van der Waals surface area contributed by atoms with E-state index < -0.39 is 0 Å². The summed E-state index contributed by atoms with van der Waals surface area (Å²) in [5, 5.41) is 0. The molecule has 17 heavy (non-hydrogen) atoms. The fourth-order valence-electron chi connectivity index (χ4n) is 2.42. The van der Waals surface area contributed by atoms with Gasteiger partial charge < -0.3 is 10.6 Å². The van der Waals surface area contributed by atoms with E-state index in [1.54, 1.807) is 6.20 Å². The first-order valence-electron chi connectivity index (χ1n) is 6.13. The van der Waals surface area contributed by atoms with Gasteiger partial charge in [-0.15, -0.1) is 0 Å². The summed E-state index contributed by atoms with van der Waals surface area (Å²) in [6.07, 6.45) is 7.27. The fraction of sp³-hybridized carbons (Fsp3) is 0.615. The van der Waals surface area contributed by atoms with E-state index in [1.807, 2.05) is 6.20 Å². The summed E-state index contributed by atoms with van der Waals surface area (Å²) in [6.45, 7) is 6.85. The third kappa shape index (κ3) is 2.92. The number of hydrogen-bond donors (Lipinski definition) is 1. The molecule has 1 saturated heterocycles. The molecule has 0 amide bonds. The number of halogens is 1. The Hall–Kier alpha value is -0.770. The molecule has 1 aromatic rings. The van der Waals surface area contributed by atoms with Gasteiger partial charge in [-0.1, -0.05) is 13.8 Å². The average Bonchev–Trinajstić information content (AvgIpc) is 2.40. The molecule has 3 nitrogen and oxygen atoms in total. The van der Waals surface area contributed by atoms with Gasteiger partial charge in [-0.2, -0.15) is 0 Å². The molecule has 1 fully saturated rings. The van der Waals surface area contributed by atoms with Crippen LogP contribution in [0.25, 0.3) is 0 Å². The Morgan fingerprint density at radius 2 is 2.06 bits per heavy atom. The third-order valence-corrected chi connectivity index (χ3v) is 4.14. The minimum absolute atomic E-state index is 0.447. The highest BCUT2D eigenvalue weighted by molar-refractivity contribution is 9.10. The van der Waals surface area contributed by atoms with Crippen molar-refractivity contribution in [3.8, 4) is 0 Å². The molecule has 0 bridgehead atoms. The maximum absolute atomic E-state index is 6.04. The van der Waals surface area contributed by atoms with Gasteiger partial charge in [0.05, 0.1) is 22.0 Å². The molecule has 1 aliphatic rings. The lowest BCUT2D eigenvalue weighted by Gasteiger charge is -2.26. The van der Waals surface area contributed by atoms with Crippen LogP contribution < -0.4 is 10.6 Å². The number of nitrogens with two attached hydrogens (primary N) is 1. The molecule has 4 heteroatoms. The van der Waals surface area contributed by atoms with Crippen molar-refractivity contribution < 1.29 is 0 Å². The summed E-state index contributed by atoms with van der Waals surface area (Å²) < 4.78 is 0.997. The van der Waals surface area contributed by atoms with Crippen molar-refractivity contribution >= 4 is 27.3 Å². The van der Waals surface area contributed by atoms with Crippen LogP contribution in [0.15, 0.2) is 16.9 Å². The standard InChI is InChI=1S/C13H20BrN3/c1-13(2)4-3-6-17(7-5-13)12-10(14)8-16-9-11(12)15/h8-9H,3-7,15H2,1-2H3. The van der Waals surface area contributed by atoms with Crippen LogP contribution in [-0.2, 0) is 0 Å². The van der Waals surface area contributed by atoms with Gasteiger partial charge in [0, 0.05) is 19.3 Å². The Kier molecular flexibility index (Phi) is 3.61. The Balaban J connectivity index is 2.23. The molecule has 0 atom stereocenters. The van der Waals surface area contributed by atoms with Crippen LogP contribution in [0, 0.1) is 5.41 Å². The molecule has 2 N–H and O–H groups in total. The lowest BCUT2D eigenvalue weighted by atomic mass is 9.85. The number of nitrogen functional groups attached to an aromatic ring is 1. The SMILES string of the molecule is CC1(C)CCCN(c2c(N)cncc2Br)CC1. The minimum Gasteiger partial charge on any atom is -0.396 e. The summed E-state index contributed by atoms with van der Waals surface area (Å²) in [7, 11) is 0. The zero-order chi connectivity index (χ0) is 12.5. The number of pyridine rings is 1. The first-order valence-corrected chi connectivity index (χ1v) is 6.93. The number of aromatic nitrogens is 1. The van der Waals surface area contributed by atoms with Crippen LogP contribution in [-0.4, -0.2) is 18.1 Å². The molecule has 0 aliphatic carbocycles. The van der Waals surface area contributed by atoms with Gasteiger partial charge in [0.15, 0.2) is 0 Å². The van der Waals surface area contributed by atoms with E-state index in [-0.39, 0.29) is 0 Å². The molecule has 0 saturated carbocycles. The quantitative estimate of drug-likeness (QED) is 0.863. The summed E-state index contributed by atoms with van der Waals surface area (Å²) in [5.74, 6) is 0. The Morgan fingerprint density at radius 1 is 1.29 bits per heavy atom. The maximum Gasteiger partial charge on any atom is 0.0776 e. The van der Waals surface area contributed by atoms with Crippen molar-refractivity contribution in [1.82, 2.24) is 4.98 Å². The van der Waals surface area contributed by atoms with Gasteiger partial charge in [0.2, 0.25) is 0 Å². The Labute approximate surface area is 112 Å². The highest BCUT2D eigenvalue weighted by Crippen LogP contribution is 2.36. The molecule has 0 radical (unpaired) electrons. The van der Waals surface area contributed by atoms with E-state index in [0.717, 1.165) is 28.9 Å². The topological polar surface area (TPSA) is 42.1 Å². The summed E-state index contributed by atoms with van der Waals surface area (Å²) in [4.78, 5) is 6.48. The summed E-state index contributed by atoms with van der Waals surface area (Å²) >= 11 is 3.55. The van der Waals surface area contributed by atoms with Gasteiger partial charge in [-0.05, 0) is 40.6 Å². The van der Waals surface area contributed by atoms with E-state index in [0.29, 0.717) is 5.41 Å². The van der Waals surface area contributed by atoms with Crippen molar-refractivity contribution in [2.24, 2.45) is 5.41 Å². The van der Waals surface area contributed by atoms with Gasteiger partial charge in [-0.3, -0.25) is 4.98 Å². The van der Waals surface area contributed by atoms with Crippen LogP contribution in [0.1, 0.15) is 33.1 Å². The molecular weight excluding hydrogens is 278 g/mol. The zero-order valence-electron chi connectivity index (χ0n) is 10.5. The van der Waals surface area contributed by atoms with Crippen molar-refractivity contribution in [3.05, 3.63) is 16.9 Å². The van der Waals surface area contributed by atoms with E-state index in [4.69, 9.17) is 5.73 Å². The summed E-state index contributed by atoms with van der Waals surface area (Å²) in [5.41, 5.74) is 8.36. The molecule has 0 spiro atoms. The predicted octanol–water partition coefficient (Wildman–Crippen LogP) is 3.44. The second-order valence-corrected chi connectivity index (χ2v) is 6.42. The van der Waals surface area contributed by atoms with Crippen molar-refractivity contribution in [3.63, 3.8) is 0 Å². The van der Waals surface area contributed by atoms with Crippen LogP contribution in [0.5, 0.6) is 0 Å². The van der Waals surface area contributed by atoms with E-state index >= 15 is 0 Å². The Morgan fingerprint density at radius 3 is 2.76 bits per heavy atom. The maximum atomic E-state index is 6.04. The van der Waals surface area contributed by atoms with Crippen molar-refractivity contribution in [2.75, 3.05) is 23.7 Å².